The fraction of sp³-hybridized carbons (Fsp3) is 0.143. The number of aliphatic hydroxyl groups is 1. The number of anilines is 1. The van der Waals surface area contributed by atoms with Crippen molar-refractivity contribution in [2.24, 2.45) is 0 Å². The Morgan fingerprint density at radius 3 is 2.35 bits per heavy atom. The van der Waals surface area contributed by atoms with Gasteiger partial charge in [-0.25, -0.2) is 13.2 Å². The lowest BCUT2D eigenvalue weighted by molar-refractivity contribution is 0.191. The molecule has 2 rings (SSSR count). The molecule has 0 radical (unpaired) electrons. The lowest BCUT2D eigenvalue weighted by Gasteiger charge is -2.14. The first-order valence-corrected chi connectivity index (χ1v) is 6.58. The van der Waals surface area contributed by atoms with Crippen molar-refractivity contribution in [3.63, 3.8) is 0 Å². The van der Waals surface area contributed by atoms with Gasteiger partial charge in [-0.1, -0.05) is 28.1 Å². The van der Waals surface area contributed by atoms with E-state index in [2.05, 4.69) is 21.2 Å². The molecule has 2 aromatic rings. The molecule has 0 aliphatic heterocycles. The van der Waals surface area contributed by atoms with Crippen molar-refractivity contribution >= 4 is 21.6 Å². The minimum absolute atomic E-state index is 0.140. The Hall–Kier alpha value is -1.53. The van der Waals surface area contributed by atoms with Crippen LogP contribution in [0.2, 0.25) is 0 Å². The summed E-state index contributed by atoms with van der Waals surface area (Å²) >= 11 is 2.97. The van der Waals surface area contributed by atoms with Gasteiger partial charge in [0.2, 0.25) is 0 Å². The molecule has 1 atom stereocenters. The first-order valence-electron chi connectivity index (χ1n) is 5.79. The molecule has 0 saturated carbocycles. The van der Waals surface area contributed by atoms with Crippen LogP contribution in [0.15, 0.2) is 40.9 Å². The molecule has 6 heteroatoms. The molecule has 0 saturated heterocycles. The van der Waals surface area contributed by atoms with Crippen LogP contribution in [0.1, 0.15) is 11.7 Å². The Kier molecular flexibility index (Phi) is 4.67. The van der Waals surface area contributed by atoms with Gasteiger partial charge in [0.05, 0.1) is 6.10 Å². The Bertz CT molecular complexity index is 598. The quantitative estimate of drug-likeness (QED) is 0.877. The highest BCUT2D eigenvalue weighted by Crippen LogP contribution is 2.24. The largest absolute Gasteiger partial charge is 0.387 e. The summed E-state index contributed by atoms with van der Waals surface area (Å²) in [6.07, 6.45) is -1.08. The predicted octanol–water partition coefficient (Wildman–Crippen LogP) is 4.01. The zero-order valence-electron chi connectivity index (χ0n) is 10.2. The number of rotatable bonds is 4. The summed E-state index contributed by atoms with van der Waals surface area (Å²) in [5, 5.41) is 12.3. The zero-order valence-corrected chi connectivity index (χ0v) is 11.8. The summed E-state index contributed by atoms with van der Waals surface area (Å²) in [6, 6.07) is 7.62. The van der Waals surface area contributed by atoms with Crippen LogP contribution < -0.4 is 5.32 Å². The van der Waals surface area contributed by atoms with E-state index >= 15 is 0 Å². The normalized spacial score (nSPS) is 12.2. The van der Waals surface area contributed by atoms with Gasteiger partial charge in [-0.2, -0.15) is 0 Å². The first kappa shape index (κ1) is 14.9. The average molecular weight is 346 g/mol. The number of aliphatic hydroxyl groups excluding tert-OH is 1. The second-order valence-electron chi connectivity index (χ2n) is 4.20. The van der Waals surface area contributed by atoms with E-state index in [1.165, 1.54) is 24.3 Å². The third-order valence-corrected chi connectivity index (χ3v) is 3.17. The molecule has 0 fully saturated rings. The van der Waals surface area contributed by atoms with Crippen LogP contribution in [-0.4, -0.2) is 11.7 Å². The zero-order chi connectivity index (χ0) is 14.7. The molecular formula is C14H11BrF3NO. The van der Waals surface area contributed by atoms with Gasteiger partial charge in [0.25, 0.3) is 0 Å². The number of benzene rings is 2. The summed E-state index contributed by atoms with van der Waals surface area (Å²) in [5.74, 6) is -2.03. The van der Waals surface area contributed by atoms with E-state index in [-0.39, 0.29) is 16.7 Å². The van der Waals surface area contributed by atoms with Crippen molar-refractivity contribution in [3.8, 4) is 0 Å². The third-order valence-electron chi connectivity index (χ3n) is 2.71. The summed E-state index contributed by atoms with van der Waals surface area (Å²) in [5.41, 5.74) is -0.000851. The Morgan fingerprint density at radius 2 is 1.75 bits per heavy atom. The van der Waals surface area contributed by atoms with E-state index in [9.17, 15) is 18.3 Å². The summed E-state index contributed by atoms with van der Waals surface area (Å²) in [6.45, 7) is -0.140. The Balaban J connectivity index is 2.09. The van der Waals surface area contributed by atoms with Crippen LogP contribution in [0.25, 0.3) is 0 Å². The summed E-state index contributed by atoms with van der Waals surface area (Å²) in [4.78, 5) is 0. The van der Waals surface area contributed by atoms with Gasteiger partial charge in [0.15, 0.2) is 0 Å². The fourth-order valence-corrected chi connectivity index (χ4v) is 2.14. The molecule has 106 valence electrons. The van der Waals surface area contributed by atoms with E-state index < -0.39 is 23.6 Å². The standard InChI is InChI=1S/C14H11BrF3NO/c15-9-5-11(17)14(12(18)6-9)19-7-13(20)8-2-1-3-10(16)4-8/h1-6,13,19-20H,7H2. The number of hydrogen-bond donors (Lipinski definition) is 2. The van der Waals surface area contributed by atoms with Crippen molar-refractivity contribution < 1.29 is 18.3 Å². The minimum Gasteiger partial charge on any atom is -0.387 e. The Morgan fingerprint density at radius 1 is 1.10 bits per heavy atom. The molecule has 0 aliphatic carbocycles. The molecule has 2 N–H and O–H groups in total. The highest BCUT2D eigenvalue weighted by molar-refractivity contribution is 9.10. The van der Waals surface area contributed by atoms with E-state index in [0.717, 1.165) is 12.1 Å². The maximum Gasteiger partial charge on any atom is 0.150 e. The van der Waals surface area contributed by atoms with Crippen LogP contribution in [0, 0.1) is 17.5 Å². The summed E-state index contributed by atoms with van der Waals surface area (Å²) < 4.78 is 40.4. The lowest BCUT2D eigenvalue weighted by atomic mass is 10.1. The van der Waals surface area contributed by atoms with Crippen molar-refractivity contribution in [2.75, 3.05) is 11.9 Å². The van der Waals surface area contributed by atoms with Gasteiger partial charge in [0.1, 0.15) is 23.1 Å². The second kappa shape index (κ2) is 6.28. The monoisotopic (exact) mass is 345 g/mol. The molecule has 0 amide bonds. The number of nitrogens with one attached hydrogen (secondary N) is 1. The molecule has 20 heavy (non-hydrogen) atoms. The molecule has 2 aromatic carbocycles. The molecule has 0 bridgehead atoms. The third kappa shape index (κ3) is 3.52. The van der Waals surface area contributed by atoms with Crippen LogP contribution >= 0.6 is 15.9 Å². The topological polar surface area (TPSA) is 32.3 Å². The first-order chi connectivity index (χ1) is 9.47. The van der Waals surface area contributed by atoms with Gasteiger partial charge in [-0.3, -0.25) is 0 Å². The van der Waals surface area contributed by atoms with E-state index in [1.54, 1.807) is 0 Å². The van der Waals surface area contributed by atoms with Crippen LogP contribution in [-0.2, 0) is 0 Å². The SMILES string of the molecule is OC(CNc1c(F)cc(Br)cc1F)c1cccc(F)c1. The minimum atomic E-state index is -1.08. The molecule has 1 unspecified atom stereocenters. The average Bonchev–Trinajstić information content (AvgIpc) is 2.37. The van der Waals surface area contributed by atoms with Crippen LogP contribution in [0.3, 0.4) is 0 Å². The predicted molar refractivity (Wildman–Crippen MR) is 73.9 cm³/mol. The molecule has 2 nitrogen and oxygen atoms in total. The smallest absolute Gasteiger partial charge is 0.150 e. The molecule has 0 heterocycles. The van der Waals surface area contributed by atoms with Gasteiger partial charge in [0, 0.05) is 11.0 Å². The lowest BCUT2D eigenvalue weighted by Crippen LogP contribution is -2.14. The maximum atomic E-state index is 13.6. The van der Waals surface area contributed by atoms with Gasteiger partial charge >= 0.3 is 0 Å². The highest BCUT2D eigenvalue weighted by Gasteiger charge is 2.13. The number of hydrogen-bond acceptors (Lipinski definition) is 2. The van der Waals surface area contributed by atoms with Crippen molar-refractivity contribution in [2.45, 2.75) is 6.10 Å². The summed E-state index contributed by atoms with van der Waals surface area (Å²) in [7, 11) is 0. The van der Waals surface area contributed by atoms with E-state index in [1.807, 2.05) is 0 Å². The number of halogens is 4. The molecule has 0 aromatic heterocycles. The van der Waals surface area contributed by atoms with Crippen molar-refractivity contribution in [1.82, 2.24) is 0 Å². The van der Waals surface area contributed by atoms with E-state index in [0.29, 0.717) is 5.56 Å². The van der Waals surface area contributed by atoms with Gasteiger partial charge in [-0.05, 0) is 29.8 Å². The molecular weight excluding hydrogens is 335 g/mol. The second-order valence-corrected chi connectivity index (χ2v) is 5.11. The van der Waals surface area contributed by atoms with Crippen molar-refractivity contribution in [3.05, 3.63) is 63.9 Å². The Labute approximate surface area is 122 Å². The maximum absolute atomic E-state index is 13.6. The van der Waals surface area contributed by atoms with Crippen molar-refractivity contribution in [1.29, 1.82) is 0 Å². The van der Waals surface area contributed by atoms with Gasteiger partial charge < -0.3 is 10.4 Å². The molecule has 0 spiro atoms. The van der Waals surface area contributed by atoms with Crippen LogP contribution in [0.5, 0.6) is 0 Å². The fourth-order valence-electron chi connectivity index (χ4n) is 1.74. The highest BCUT2D eigenvalue weighted by atomic mass is 79.9. The van der Waals surface area contributed by atoms with Gasteiger partial charge in [-0.15, -0.1) is 0 Å². The molecule has 0 aliphatic rings. The van der Waals surface area contributed by atoms with E-state index in [4.69, 9.17) is 0 Å². The van der Waals surface area contributed by atoms with Crippen LogP contribution in [0.4, 0.5) is 18.9 Å².